The molecule has 0 fully saturated rings. The predicted molar refractivity (Wildman–Crippen MR) is 112 cm³/mol. The van der Waals surface area contributed by atoms with Crippen molar-refractivity contribution in [2.45, 2.75) is 39.5 Å². The lowest BCUT2D eigenvalue weighted by Crippen LogP contribution is -2.14. The van der Waals surface area contributed by atoms with Crippen molar-refractivity contribution >= 4 is 33.9 Å². The van der Waals surface area contributed by atoms with Gasteiger partial charge in [-0.15, -0.1) is 11.3 Å². The highest BCUT2D eigenvalue weighted by Crippen LogP contribution is 2.21. The average Bonchev–Trinajstić information content (AvgIpc) is 3.07. The van der Waals surface area contributed by atoms with Crippen LogP contribution < -0.4 is 10.6 Å². The van der Waals surface area contributed by atoms with E-state index in [1.807, 2.05) is 36.6 Å². The quantitative estimate of drug-likeness (QED) is 0.569. The summed E-state index contributed by atoms with van der Waals surface area (Å²) in [5.41, 5.74) is 3.99. The van der Waals surface area contributed by atoms with Gasteiger partial charge in [-0.2, -0.15) is 0 Å². The molecule has 0 saturated carbocycles. The summed E-state index contributed by atoms with van der Waals surface area (Å²) >= 11 is 1.47. The molecule has 0 unspecified atom stereocenters. The Morgan fingerprint density at radius 1 is 1.19 bits per heavy atom. The van der Waals surface area contributed by atoms with Crippen molar-refractivity contribution in [2.75, 3.05) is 10.6 Å². The third kappa shape index (κ3) is 5.89. The van der Waals surface area contributed by atoms with E-state index in [2.05, 4.69) is 39.7 Å². The van der Waals surface area contributed by atoms with E-state index in [-0.39, 0.29) is 12.3 Å². The standard InChI is InChI=1S/C21H24N4OS/c1-3-4-5-16-6-8-17(9-7-16)23-20(26)13-18-14-27-21(24-18)25-19-12-15(2)10-11-22-19/h6-12,14H,3-5,13H2,1-2H3,(H,23,26)(H,22,24,25). The van der Waals surface area contributed by atoms with Gasteiger partial charge in [-0.05, 0) is 55.2 Å². The molecule has 5 nitrogen and oxygen atoms in total. The number of hydrogen-bond acceptors (Lipinski definition) is 5. The van der Waals surface area contributed by atoms with E-state index >= 15 is 0 Å². The molecule has 0 atom stereocenters. The number of carbonyl (C=O) groups excluding carboxylic acids is 1. The zero-order valence-corrected chi connectivity index (χ0v) is 16.5. The fraction of sp³-hybridized carbons (Fsp3) is 0.286. The van der Waals surface area contributed by atoms with Crippen LogP contribution >= 0.6 is 11.3 Å². The molecule has 0 saturated heterocycles. The summed E-state index contributed by atoms with van der Waals surface area (Å²) in [4.78, 5) is 21.0. The van der Waals surface area contributed by atoms with Crippen LogP contribution in [0.4, 0.5) is 16.6 Å². The van der Waals surface area contributed by atoms with E-state index in [9.17, 15) is 4.79 Å². The highest BCUT2D eigenvalue weighted by Gasteiger charge is 2.09. The highest BCUT2D eigenvalue weighted by atomic mass is 32.1. The number of aromatic nitrogens is 2. The Labute approximate surface area is 163 Å². The number of nitrogens with zero attached hydrogens (tertiary/aromatic N) is 2. The number of nitrogens with one attached hydrogen (secondary N) is 2. The first-order valence-corrected chi connectivity index (χ1v) is 10.0. The van der Waals surface area contributed by atoms with E-state index in [1.54, 1.807) is 6.20 Å². The molecule has 0 radical (unpaired) electrons. The molecule has 1 aromatic carbocycles. The number of hydrogen-bond donors (Lipinski definition) is 2. The SMILES string of the molecule is CCCCc1ccc(NC(=O)Cc2csc(Nc3cc(C)ccn3)n2)cc1. The van der Waals surface area contributed by atoms with Gasteiger partial charge in [-0.1, -0.05) is 25.5 Å². The van der Waals surface area contributed by atoms with Crippen LogP contribution in [-0.4, -0.2) is 15.9 Å². The number of carbonyl (C=O) groups is 1. The number of thiazole rings is 1. The third-order valence-corrected chi connectivity index (χ3v) is 4.91. The molecule has 0 aliphatic carbocycles. The summed E-state index contributed by atoms with van der Waals surface area (Å²) in [6.07, 6.45) is 5.45. The molecule has 6 heteroatoms. The number of benzene rings is 1. The minimum Gasteiger partial charge on any atom is -0.326 e. The van der Waals surface area contributed by atoms with Crippen molar-refractivity contribution in [2.24, 2.45) is 0 Å². The van der Waals surface area contributed by atoms with Gasteiger partial charge in [-0.25, -0.2) is 9.97 Å². The molecule has 140 valence electrons. The second-order valence-electron chi connectivity index (χ2n) is 6.51. The van der Waals surface area contributed by atoms with Gasteiger partial charge in [0.2, 0.25) is 5.91 Å². The van der Waals surface area contributed by atoms with Gasteiger partial charge in [0, 0.05) is 17.3 Å². The second kappa shape index (κ2) is 9.28. The molecule has 1 amide bonds. The molecule has 3 aromatic rings. The maximum Gasteiger partial charge on any atom is 0.230 e. The Bertz CT molecular complexity index is 889. The van der Waals surface area contributed by atoms with Gasteiger partial charge in [0.1, 0.15) is 5.82 Å². The van der Waals surface area contributed by atoms with Gasteiger partial charge in [0.25, 0.3) is 0 Å². The molecule has 0 aliphatic rings. The van der Waals surface area contributed by atoms with Crippen LogP contribution in [0.3, 0.4) is 0 Å². The van der Waals surface area contributed by atoms with Crippen LogP contribution in [0.2, 0.25) is 0 Å². The lowest BCUT2D eigenvalue weighted by Gasteiger charge is -2.06. The van der Waals surface area contributed by atoms with E-state index in [4.69, 9.17) is 0 Å². The largest absolute Gasteiger partial charge is 0.326 e. The van der Waals surface area contributed by atoms with Crippen molar-refractivity contribution < 1.29 is 4.79 Å². The van der Waals surface area contributed by atoms with Gasteiger partial charge in [-0.3, -0.25) is 4.79 Å². The van der Waals surface area contributed by atoms with Crippen molar-refractivity contribution in [1.29, 1.82) is 0 Å². The Kier molecular flexibility index (Phi) is 6.54. The maximum atomic E-state index is 12.3. The zero-order valence-electron chi connectivity index (χ0n) is 15.7. The second-order valence-corrected chi connectivity index (χ2v) is 7.37. The molecule has 0 aliphatic heterocycles. The Morgan fingerprint density at radius 2 is 2.00 bits per heavy atom. The first kappa shape index (κ1) is 19.0. The number of rotatable bonds is 8. The third-order valence-electron chi connectivity index (χ3n) is 4.10. The van der Waals surface area contributed by atoms with Crippen molar-refractivity contribution in [3.05, 3.63) is 64.8 Å². The Balaban J connectivity index is 1.53. The van der Waals surface area contributed by atoms with Gasteiger partial charge in [0.05, 0.1) is 12.1 Å². The van der Waals surface area contributed by atoms with Crippen LogP contribution in [0.5, 0.6) is 0 Å². The number of aryl methyl sites for hydroxylation is 2. The molecule has 2 aromatic heterocycles. The normalized spacial score (nSPS) is 10.6. The summed E-state index contributed by atoms with van der Waals surface area (Å²) in [6.45, 7) is 4.20. The van der Waals surface area contributed by atoms with Crippen LogP contribution in [0.25, 0.3) is 0 Å². The Morgan fingerprint density at radius 3 is 2.74 bits per heavy atom. The molecule has 0 spiro atoms. The van der Waals surface area contributed by atoms with Crippen LogP contribution in [0.15, 0.2) is 48.0 Å². The molecule has 0 bridgehead atoms. The highest BCUT2D eigenvalue weighted by molar-refractivity contribution is 7.13. The van der Waals surface area contributed by atoms with E-state index < -0.39 is 0 Å². The minimum atomic E-state index is -0.0677. The summed E-state index contributed by atoms with van der Waals surface area (Å²) in [5.74, 6) is 0.686. The average molecular weight is 381 g/mol. The zero-order chi connectivity index (χ0) is 19.1. The van der Waals surface area contributed by atoms with E-state index in [0.717, 1.165) is 34.3 Å². The molecular weight excluding hydrogens is 356 g/mol. The van der Waals surface area contributed by atoms with Crippen LogP contribution in [0.1, 0.15) is 36.6 Å². The Hall–Kier alpha value is -2.73. The summed E-state index contributed by atoms with van der Waals surface area (Å²) < 4.78 is 0. The van der Waals surface area contributed by atoms with Crippen molar-refractivity contribution in [1.82, 2.24) is 9.97 Å². The van der Waals surface area contributed by atoms with Crippen molar-refractivity contribution in [3.8, 4) is 0 Å². The van der Waals surface area contributed by atoms with Gasteiger partial charge >= 0.3 is 0 Å². The fourth-order valence-corrected chi connectivity index (χ4v) is 3.38. The fourth-order valence-electron chi connectivity index (χ4n) is 2.66. The van der Waals surface area contributed by atoms with E-state index in [0.29, 0.717) is 0 Å². The smallest absolute Gasteiger partial charge is 0.230 e. The molecule has 2 N–H and O–H groups in total. The topological polar surface area (TPSA) is 66.9 Å². The number of anilines is 3. The number of pyridine rings is 1. The molecule has 27 heavy (non-hydrogen) atoms. The molecular formula is C21H24N4OS. The monoisotopic (exact) mass is 380 g/mol. The summed E-state index contributed by atoms with van der Waals surface area (Å²) in [7, 11) is 0. The van der Waals surface area contributed by atoms with E-state index in [1.165, 1.54) is 29.7 Å². The maximum absolute atomic E-state index is 12.3. The minimum absolute atomic E-state index is 0.0677. The first-order chi connectivity index (χ1) is 13.1. The number of amides is 1. The molecule has 2 heterocycles. The van der Waals surface area contributed by atoms with Gasteiger partial charge < -0.3 is 10.6 Å². The first-order valence-electron chi connectivity index (χ1n) is 9.15. The predicted octanol–water partition coefficient (Wildman–Crippen LogP) is 5.11. The summed E-state index contributed by atoms with van der Waals surface area (Å²) in [6, 6.07) is 12.0. The number of unbranched alkanes of at least 4 members (excludes halogenated alkanes) is 1. The van der Waals surface area contributed by atoms with Crippen LogP contribution in [0, 0.1) is 6.92 Å². The molecule has 3 rings (SSSR count). The summed E-state index contributed by atoms with van der Waals surface area (Å²) in [5, 5.41) is 8.74. The van der Waals surface area contributed by atoms with Gasteiger partial charge in [0.15, 0.2) is 5.13 Å². The van der Waals surface area contributed by atoms with Crippen LogP contribution in [-0.2, 0) is 17.6 Å². The lowest BCUT2D eigenvalue weighted by molar-refractivity contribution is -0.115. The lowest BCUT2D eigenvalue weighted by atomic mass is 10.1. The van der Waals surface area contributed by atoms with Crippen molar-refractivity contribution in [3.63, 3.8) is 0 Å².